The third-order valence-corrected chi connectivity index (χ3v) is 1.90. The molecular formula is C5H11NaO3S. The maximum absolute atomic E-state index is 10.5. The first kappa shape index (κ1) is 13.3. The smallest absolute Gasteiger partial charge is 1.00 e. The quantitative estimate of drug-likeness (QED) is 0.273. The van der Waals surface area contributed by atoms with Crippen LogP contribution in [0.2, 0.25) is 0 Å². The number of hydrogen-bond acceptors (Lipinski definition) is 3. The molecule has 0 saturated heterocycles. The van der Waals surface area contributed by atoms with Crippen LogP contribution in [0.5, 0.6) is 0 Å². The van der Waals surface area contributed by atoms with Gasteiger partial charge >= 0.3 is 29.6 Å². The van der Waals surface area contributed by atoms with Crippen molar-refractivity contribution >= 4 is 10.1 Å². The van der Waals surface area contributed by atoms with E-state index in [0.29, 0.717) is 0 Å². The van der Waals surface area contributed by atoms with Gasteiger partial charge in [0, 0.05) is 0 Å². The number of allylic oxidation sites excluding steroid dienone is 1. The van der Waals surface area contributed by atoms with Crippen LogP contribution in [0.3, 0.4) is 0 Å². The largest absolute Gasteiger partial charge is 1.00 e. The fourth-order valence-corrected chi connectivity index (χ4v) is 0.846. The van der Waals surface area contributed by atoms with Crippen LogP contribution >= 0.6 is 0 Å². The molecule has 0 aliphatic rings. The molecule has 0 aliphatic carbocycles. The van der Waals surface area contributed by atoms with E-state index in [1.807, 2.05) is 0 Å². The third kappa shape index (κ3) is 6.77. The molecule has 0 unspecified atom stereocenters. The molecule has 3 nitrogen and oxygen atoms in total. The van der Waals surface area contributed by atoms with Crippen LogP contribution in [0.1, 0.15) is 8.35 Å². The van der Waals surface area contributed by atoms with Crippen LogP contribution < -0.4 is 29.6 Å². The Balaban J connectivity index is -0.000000320. The standard InChI is InChI=1S/C5H10O3S.Na.H/c1-3-4-5-9(6,7)8-2;;/h3-4H,5H2,1-2H3;;/q;+1;-1. The molecular weight excluding hydrogens is 163 g/mol. The minimum Gasteiger partial charge on any atom is -1.00 e. The topological polar surface area (TPSA) is 43.4 Å². The maximum atomic E-state index is 10.5. The molecule has 0 atom stereocenters. The van der Waals surface area contributed by atoms with E-state index in [9.17, 15) is 8.42 Å². The zero-order chi connectivity index (χ0) is 7.33. The second kappa shape index (κ2) is 6.37. The Bertz CT molecular complexity index is 188. The van der Waals surface area contributed by atoms with E-state index in [1.54, 1.807) is 13.0 Å². The van der Waals surface area contributed by atoms with Gasteiger partial charge in [-0.05, 0) is 6.92 Å². The van der Waals surface area contributed by atoms with E-state index in [2.05, 4.69) is 4.18 Å². The van der Waals surface area contributed by atoms with Gasteiger partial charge in [-0.25, -0.2) is 0 Å². The van der Waals surface area contributed by atoms with Gasteiger partial charge < -0.3 is 1.43 Å². The van der Waals surface area contributed by atoms with Gasteiger partial charge in [-0.15, -0.1) is 0 Å². The average Bonchev–Trinajstić information content (AvgIpc) is 1.84. The van der Waals surface area contributed by atoms with Crippen molar-refractivity contribution in [2.75, 3.05) is 12.9 Å². The Hall–Kier alpha value is 0.650. The molecule has 0 aromatic rings. The van der Waals surface area contributed by atoms with E-state index in [0.717, 1.165) is 7.11 Å². The van der Waals surface area contributed by atoms with Crippen molar-refractivity contribution in [3.63, 3.8) is 0 Å². The van der Waals surface area contributed by atoms with Gasteiger partial charge in [-0.2, -0.15) is 8.42 Å². The zero-order valence-corrected chi connectivity index (χ0v) is 9.31. The minimum absolute atomic E-state index is 0. The van der Waals surface area contributed by atoms with Gasteiger partial charge in [0.1, 0.15) is 0 Å². The van der Waals surface area contributed by atoms with Gasteiger partial charge in [0.15, 0.2) is 0 Å². The summed E-state index contributed by atoms with van der Waals surface area (Å²) >= 11 is 0. The van der Waals surface area contributed by atoms with Crippen LogP contribution in [0, 0.1) is 0 Å². The Morgan fingerprint density at radius 2 is 2.10 bits per heavy atom. The van der Waals surface area contributed by atoms with Crippen LogP contribution in [0.15, 0.2) is 12.2 Å². The normalized spacial score (nSPS) is 11.4. The van der Waals surface area contributed by atoms with E-state index in [1.165, 1.54) is 6.08 Å². The Morgan fingerprint density at radius 1 is 1.60 bits per heavy atom. The Kier molecular flexibility index (Phi) is 8.44. The van der Waals surface area contributed by atoms with Crippen LogP contribution in [-0.4, -0.2) is 21.3 Å². The molecule has 0 bridgehead atoms. The van der Waals surface area contributed by atoms with Crippen LogP contribution in [0.4, 0.5) is 0 Å². The molecule has 0 fully saturated rings. The van der Waals surface area contributed by atoms with E-state index in [-0.39, 0.29) is 36.7 Å². The second-order valence-corrected chi connectivity index (χ2v) is 3.24. The Labute approximate surface area is 85.4 Å². The van der Waals surface area contributed by atoms with E-state index in [4.69, 9.17) is 0 Å². The second-order valence-electron chi connectivity index (χ2n) is 1.46. The molecule has 0 radical (unpaired) electrons. The molecule has 0 N–H and O–H groups in total. The molecule has 0 heterocycles. The first-order valence-electron chi connectivity index (χ1n) is 2.52. The summed E-state index contributed by atoms with van der Waals surface area (Å²) in [5, 5.41) is 0. The summed E-state index contributed by atoms with van der Waals surface area (Å²) in [7, 11) is -2.12. The maximum Gasteiger partial charge on any atom is 1.00 e. The van der Waals surface area contributed by atoms with Gasteiger partial charge in [-0.1, -0.05) is 12.2 Å². The third-order valence-electron chi connectivity index (χ3n) is 0.790. The van der Waals surface area contributed by atoms with Gasteiger partial charge in [0.25, 0.3) is 10.1 Å². The number of hydrogen-bond donors (Lipinski definition) is 0. The summed E-state index contributed by atoms with van der Waals surface area (Å²) in [6, 6.07) is 0. The average molecular weight is 174 g/mol. The van der Waals surface area contributed by atoms with Crippen molar-refractivity contribution in [1.29, 1.82) is 0 Å². The molecule has 0 spiro atoms. The number of rotatable bonds is 3. The summed E-state index contributed by atoms with van der Waals surface area (Å²) in [6.07, 6.45) is 3.19. The molecule has 0 rings (SSSR count). The van der Waals surface area contributed by atoms with E-state index >= 15 is 0 Å². The molecule has 0 aromatic heterocycles. The molecule has 0 aliphatic heterocycles. The van der Waals surface area contributed by atoms with Gasteiger partial charge in [0.2, 0.25) is 0 Å². The molecule has 10 heavy (non-hydrogen) atoms. The monoisotopic (exact) mass is 174 g/mol. The molecule has 0 aromatic carbocycles. The molecule has 0 amide bonds. The molecule has 0 saturated carbocycles. The van der Waals surface area contributed by atoms with Crippen molar-refractivity contribution in [1.82, 2.24) is 0 Å². The fourth-order valence-electron chi connectivity index (χ4n) is 0.282. The van der Waals surface area contributed by atoms with Gasteiger partial charge in [0.05, 0.1) is 12.9 Å². The molecule has 56 valence electrons. The summed E-state index contributed by atoms with van der Waals surface area (Å²) in [6.45, 7) is 1.76. The summed E-state index contributed by atoms with van der Waals surface area (Å²) < 4.78 is 25.1. The predicted molar refractivity (Wildman–Crippen MR) is 36.7 cm³/mol. The van der Waals surface area contributed by atoms with Crippen LogP contribution in [0.25, 0.3) is 0 Å². The summed E-state index contributed by atoms with van der Waals surface area (Å²) in [4.78, 5) is 0. The minimum atomic E-state index is -3.27. The first-order chi connectivity index (χ1) is 4.12. The van der Waals surface area contributed by atoms with Crippen molar-refractivity contribution in [3.05, 3.63) is 12.2 Å². The zero-order valence-electron chi connectivity index (χ0n) is 7.49. The van der Waals surface area contributed by atoms with Crippen molar-refractivity contribution in [2.24, 2.45) is 0 Å². The van der Waals surface area contributed by atoms with Crippen molar-refractivity contribution in [3.8, 4) is 0 Å². The summed E-state index contributed by atoms with van der Waals surface area (Å²) in [5.41, 5.74) is 0. The van der Waals surface area contributed by atoms with E-state index < -0.39 is 10.1 Å². The SMILES string of the molecule is CC=CCS(=O)(=O)OC.[H-].[Na+]. The fraction of sp³-hybridized carbons (Fsp3) is 0.600. The van der Waals surface area contributed by atoms with Crippen molar-refractivity contribution < 1.29 is 43.6 Å². The summed E-state index contributed by atoms with van der Waals surface area (Å²) in [5.74, 6) is -0.0417. The molecule has 5 heteroatoms. The Morgan fingerprint density at radius 3 is 2.40 bits per heavy atom. The first-order valence-corrected chi connectivity index (χ1v) is 4.09. The van der Waals surface area contributed by atoms with Crippen molar-refractivity contribution in [2.45, 2.75) is 6.92 Å². The van der Waals surface area contributed by atoms with Gasteiger partial charge in [-0.3, -0.25) is 4.18 Å². The predicted octanol–water partition coefficient (Wildman–Crippen LogP) is -2.34. The van der Waals surface area contributed by atoms with Crippen LogP contribution in [-0.2, 0) is 14.3 Å².